The summed E-state index contributed by atoms with van der Waals surface area (Å²) in [5.74, 6) is 1.51. The first-order chi connectivity index (χ1) is 24.4. The number of nitrogens with one attached hydrogen (secondary N) is 1. The molecule has 0 radical (unpaired) electrons. The fraction of sp³-hybridized carbons (Fsp3) is 0.528. The van der Waals surface area contributed by atoms with Gasteiger partial charge >= 0.3 is 0 Å². The molecule has 0 spiro atoms. The van der Waals surface area contributed by atoms with Crippen LogP contribution in [0, 0.1) is 11.3 Å². The Kier molecular flexibility index (Phi) is 9.98. The Morgan fingerprint density at radius 1 is 1.12 bits per heavy atom. The van der Waals surface area contributed by atoms with Crippen LogP contribution in [0.25, 0.3) is 11.3 Å². The molecule has 0 aliphatic carbocycles. The second kappa shape index (κ2) is 14.7. The first kappa shape index (κ1) is 33.9. The van der Waals surface area contributed by atoms with Crippen LogP contribution in [0.4, 0.5) is 21.8 Å². The van der Waals surface area contributed by atoms with Crippen molar-refractivity contribution in [2.24, 2.45) is 0 Å². The molecule has 1 aromatic carbocycles. The van der Waals surface area contributed by atoms with Crippen LogP contribution in [0.2, 0.25) is 0 Å². The standard InChI is InChI=1S/C36H43FN8O5/c1-3-11-36(37)23-45(34(46)30-10-18-49-30)13-9-31(36)50-29-6-4-24(19-25(29)20-38)27-8-12-39-35(40-27)42-32-7-5-28(33(41-32)47-2)44-16-14-43(15-17-44)26-21-48-22-26/h4-8,12,19,26,30-31H,3,9-11,13-18,21-23H2,1-2H3,(H,39,40,41,42). The third-order valence-corrected chi connectivity index (χ3v) is 10.0. The lowest BCUT2D eigenvalue weighted by Crippen LogP contribution is -2.60. The Morgan fingerprint density at radius 3 is 2.62 bits per heavy atom. The van der Waals surface area contributed by atoms with E-state index in [1.54, 1.807) is 42.5 Å². The van der Waals surface area contributed by atoms with E-state index in [0.29, 0.717) is 73.1 Å². The number of piperidine rings is 1. The Bertz CT molecular complexity index is 1720. The van der Waals surface area contributed by atoms with Crippen LogP contribution in [0.15, 0.2) is 42.6 Å². The molecule has 4 aliphatic rings. The number of hydrogen-bond donors (Lipinski definition) is 1. The summed E-state index contributed by atoms with van der Waals surface area (Å²) in [6.45, 7) is 8.09. The molecule has 264 valence electrons. The molecule has 50 heavy (non-hydrogen) atoms. The number of nitriles is 1. The highest BCUT2D eigenvalue weighted by Crippen LogP contribution is 2.37. The van der Waals surface area contributed by atoms with Crippen molar-refractivity contribution in [3.8, 4) is 29.0 Å². The highest BCUT2D eigenvalue weighted by atomic mass is 19.1. The van der Waals surface area contributed by atoms with Gasteiger partial charge in [-0.1, -0.05) is 13.3 Å². The Morgan fingerprint density at radius 2 is 1.94 bits per heavy atom. The number of hydrogen-bond acceptors (Lipinski definition) is 12. The van der Waals surface area contributed by atoms with Crippen LogP contribution in [0.3, 0.4) is 0 Å². The van der Waals surface area contributed by atoms with Crippen LogP contribution in [-0.4, -0.2) is 121 Å². The van der Waals surface area contributed by atoms with Crippen molar-refractivity contribution in [1.29, 1.82) is 5.26 Å². The van der Waals surface area contributed by atoms with Gasteiger partial charge in [0.05, 0.1) is 50.8 Å². The summed E-state index contributed by atoms with van der Waals surface area (Å²) in [5, 5.41) is 13.2. The molecule has 4 aliphatic heterocycles. The molecule has 0 bridgehead atoms. The van der Waals surface area contributed by atoms with E-state index < -0.39 is 17.9 Å². The fourth-order valence-electron chi connectivity index (χ4n) is 7.05. The lowest BCUT2D eigenvalue weighted by atomic mass is 9.86. The van der Waals surface area contributed by atoms with Crippen LogP contribution in [-0.2, 0) is 14.3 Å². The van der Waals surface area contributed by atoms with Gasteiger partial charge in [0, 0.05) is 57.3 Å². The molecule has 2 aromatic heterocycles. The zero-order valence-corrected chi connectivity index (χ0v) is 28.5. The molecule has 3 aromatic rings. The third kappa shape index (κ3) is 7.03. The topological polar surface area (TPSA) is 138 Å². The number of anilines is 3. The Labute approximate surface area is 291 Å². The number of alkyl halides is 1. The van der Waals surface area contributed by atoms with Gasteiger partial charge in [-0.25, -0.2) is 14.4 Å². The minimum atomic E-state index is -1.75. The summed E-state index contributed by atoms with van der Waals surface area (Å²) in [4.78, 5) is 32.9. The first-order valence-corrected chi connectivity index (χ1v) is 17.4. The number of ether oxygens (including phenoxy) is 4. The monoisotopic (exact) mass is 686 g/mol. The van der Waals surface area contributed by atoms with Gasteiger partial charge in [-0.3, -0.25) is 9.69 Å². The van der Waals surface area contributed by atoms with Crippen molar-refractivity contribution in [3.05, 3.63) is 48.2 Å². The van der Waals surface area contributed by atoms with Crippen molar-refractivity contribution in [1.82, 2.24) is 24.8 Å². The van der Waals surface area contributed by atoms with Gasteiger partial charge in [0.1, 0.15) is 35.5 Å². The number of amides is 1. The maximum atomic E-state index is 16.5. The number of halogens is 1. The number of aromatic nitrogens is 3. The average molecular weight is 687 g/mol. The van der Waals surface area contributed by atoms with E-state index in [1.807, 2.05) is 19.1 Å². The van der Waals surface area contributed by atoms with Crippen molar-refractivity contribution in [2.75, 3.05) is 76.4 Å². The minimum absolute atomic E-state index is 0.0576. The highest BCUT2D eigenvalue weighted by molar-refractivity contribution is 5.81. The molecule has 4 saturated heterocycles. The molecule has 3 unspecified atom stereocenters. The van der Waals surface area contributed by atoms with Gasteiger partial charge in [0.25, 0.3) is 5.91 Å². The summed E-state index contributed by atoms with van der Waals surface area (Å²) in [5.41, 5.74) is 0.708. The van der Waals surface area contributed by atoms with E-state index in [4.69, 9.17) is 18.9 Å². The third-order valence-electron chi connectivity index (χ3n) is 10.0. The van der Waals surface area contributed by atoms with Crippen LogP contribution >= 0.6 is 0 Å². The summed E-state index contributed by atoms with van der Waals surface area (Å²) >= 11 is 0. The smallest absolute Gasteiger partial charge is 0.251 e. The van der Waals surface area contributed by atoms with Gasteiger partial charge in [0.2, 0.25) is 11.8 Å². The minimum Gasteiger partial charge on any atom is -0.486 e. The van der Waals surface area contributed by atoms with Gasteiger partial charge in [-0.2, -0.15) is 10.2 Å². The molecule has 6 heterocycles. The Hall–Kier alpha value is -4.58. The molecule has 7 rings (SSSR count). The van der Waals surface area contributed by atoms with Gasteiger partial charge in [0.15, 0.2) is 5.67 Å². The van der Waals surface area contributed by atoms with Crippen LogP contribution in [0.1, 0.15) is 38.2 Å². The zero-order valence-electron chi connectivity index (χ0n) is 28.5. The quantitative estimate of drug-likeness (QED) is 0.313. The van der Waals surface area contributed by atoms with E-state index in [-0.39, 0.29) is 24.4 Å². The van der Waals surface area contributed by atoms with Gasteiger partial charge in [-0.05, 0) is 42.8 Å². The second-order valence-electron chi connectivity index (χ2n) is 13.2. The molecular formula is C36H43FN8O5. The predicted molar refractivity (Wildman–Crippen MR) is 183 cm³/mol. The number of nitrogens with zero attached hydrogens (tertiary/aromatic N) is 7. The lowest BCUT2D eigenvalue weighted by molar-refractivity contribution is -0.164. The molecule has 13 nitrogen and oxygen atoms in total. The normalized spacial score (nSPS) is 24.1. The number of benzene rings is 1. The highest BCUT2D eigenvalue weighted by Gasteiger charge is 2.48. The summed E-state index contributed by atoms with van der Waals surface area (Å²) in [7, 11) is 1.61. The number of rotatable bonds is 11. The largest absolute Gasteiger partial charge is 0.486 e. The van der Waals surface area contributed by atoms with Crippen molar-refractivity contribution in [3.63, 3.8) is 0 Å². The maximum absolute atomic E-state index is 16.5. The average Bonchev–Trinajstić information content (AvgIpc) is 3.08. The lowest BCUT2D eigenvalue weighted by Gasteiger charge is -2.44. The maximum Gasteiger partial charge on any atom is 0.251 e. The Balaban J connectivity index is 1.02. The molecule has 14 heteroatoms. The summed E-state index contributed by atoms with van der Waals surface area (Å²) in [6, 6.07) is 13.5. The number of pyridine rings is 1. The molecule has 1 N–H and O–H groups in total. The van der Waals surface area contributed by atoms with Crippen molar-refractivity contribution < 1.29 is 28.1 Å². The number of likely N-dealkylation sites (tertiary alicyclic amines) is 1. The molecule has 0 saturated carbocycles. The van der Waals surface area contributed by atoms with Crippen LogP contribution < -0.4 is 19.7 Å². The molecule has 4 fully saturated rings. The van der Waals surface area contributed by atoms with Crippen LogP contribution in [0.5, 0.6) is 11.6 Å². The van der Waals surface area contributed by atoms with E-state index in [9.17, 15) is 10.1 Å². The number of methoxy groups -OCH3 is 1. The summed E-state index contributed by atoms with van der Waals surface area (Å²) in [6.07, 6.45) is 2.16. The van der Waals surface area contributed by atoms with Crippen molar-refractivity contribution in [2.45, 2.75) is 56.5 Å². The number of piperazine rings is 1. The SMILES string of the molecule is CCCC1(F)CN(C(=O)C2CCO2)CCC1Oc1ccc(-c2ccnc(Nc3ccc(N4CCN(C5COC5)CC4)c(OC)n3)n2)cc1C#N. The van der Waals surface area contributed by atoms with E-state index >= 15 is 4.39 Å². The predicted octanol–water partition coefficient (Wildman–Crippen LogP) is 3.96. The van der Waals surface area contributed by atoms with E-state index in [0.717, 1.165) is 45.1 Å². The fourth-order valence-corrected chi connectivity index (χ4v) is 7.05. The zero-order chi connectivity index (χ0) is 34.7. The van der Waals surface area contributed by atoms with Gasteiger partial charge in [-0.15, -0.1) is 0 Å². The molecular weight excluding hydrogens is 643 g/mol. The number of carbonyl (C=O) groups is 1. The van der Waals surface area contributed by atoms with E-state index in [2.05, 4.69) is 36.1 Å². The van der Waals surface area contributed by atoms with Crippen molar-refractivity contribution >= 4 is 23.4 Å². The summed E-state index contributed by atoms with van der Waals surface area (Å²) < 4.78 is 39.1. The van der Waals surface area contributed by atoms with E-state index in [1.165, 1.54) is 0 Å². The molecule has 3 atom stereocenters. The second-order valence-corrected chi connectivity index (χ2v) is 13.2. The molecule has 1 amide bonds. The van der Waals surface area contributed by atoms with Gasteiger partial charge < -0.3 is 34.1 Å². The number of carbonyl (C=O) groups excluding carboxylic acids is 1. The first-order valence-electron chi connectivity index (χ1n) is 17.4.